The van der Waals surface area contributed by atoms with E-state index in [1.54, 1.807) is 0 Å². The van der Waals surface area contributed by atoms with Gasteiger partial charge in [0.25, 0.3) is 0 Å². The van der Waals surface area contributed by atoms with Gasteiger partial charge in [0.05, 0.1) is 0 Å². The fourth-order valence-electron chi connectivity index (χ4n) is 0.316. The van der Waals surface area contributed by atoms with Crippen molar-refractivity contribution in [2.75, 3.05) is 0 Å². The van der Waals surface area contributed by atoms with Crippen LogP contribution in [0.25, 0.3) is 0 Å². The maximum absolute atomic E-state index is 12.1. The zero-order valence-corrected chi connectivity index (χ0v) is 12.6. The summed E-state index contributed by atoms with van der Waals surface area (Å²) in [6.45, 7) is -3.51. The van der Waals surface area contributed by atoms with Gasteiger partial charge in [-0.05, 0) is 0 Å². The van der Waals surface area contributed by atoms with E-state index in [2.05, 4.69) is 4.74 Å². The molecule has 0 saturated carbocycles. The van der Waals surface area contributed by atoms with E-state index in [4.69, 9.17) is 0 Å². The number of hydrogen-bond acceptors (Lipinski definition) is 2. The number of ether oxygens (including phenoxy) is 1. The molecule has 10 heteroatoms. The predicted molar refractivity (Wildman–Crippen MR) is 22.6 cm³/mol. The average molecular weight is 480 g/mol. The molecule has 80 valence electrons. The van der Waals surface area contributed by atoms with E-state index in [0.29, 0.717) is 0 Å². The van der Waals surface area contributed by atoms with E-state index >= 15 is 0 Å². The van der Waals surface area contributed by atoms with Crippen LogP contribution >= 0.6 is 0 Å². The minimum atomic E-state index is -6.21. The summed E-state index contributed by atoms with van der Waals surface area (Å²) < 4.78 is 82.0. The van der Waals surface area contributed by atoms with Crippen molar-refractivity contribution in [3.05, 3.63) is 6.61 Å². The van der Waals surface area contributed by atoms with Gasteiger partial charge in [0.15, 0.2) is 0 Å². The summed E-state index contributed by atoms with van der Waals surface area (Å²) in [6.07, 6.45) is -6.21. The van der Waals surface area contributed by atoms with E-state index in [1.807, 2.05) is 0 Å². The van der Waals surface area contributed by atoms with Gasteiger partial charge in [-0.25, -0.2) is 0 Å². The molecule has 0 aromatic heterocycles. The van der Waals surface area contributed by atoms with Crippen molar-refractivity contribution in [1.29, 1.82) is 0 Å². The molecule has 0 radical (unpaired) electrons. The molecular formula is C4F7O2Rf-. The number of hydrogen-bond donors (Lipinski definition) is 0. The molecule has 0 aliphatic heterocycles. The minimum absolute atomic E-state index is 0. The monoisotopic (exact) mass is 480 g/mol. The fourth-order valence-corrected chi connectivity index (χ4v) is 0.316. The molecular weight excluding hydrogens is 480 g/mol. The summed E-state index contributed by atoms with van der Waals surface area (Å²) in [5, 5.41) is 0. The van der Waals surface area contributed by atoms with Crippen LogP contribution in [-0.2, 0) is 9.53 Å². The van der Waals surface area contributed by atoms with Crippen LogP contribution in [0, 0.1) is 6.61 Å². The molecule has 1 atom stereocenters. The SMILES string of the molecule is O=C(F)C(F)(O[C-](F)F)C(F)(F)F.[Rf]. The van der Waals surface area contributed by atoms with Gasteiger partial charge in [-0.2, -0.15) is 22.0 Å². The molecule has 0 heterocycles. The smallest absolute Gasteiger partial charge is 0.444 e. The molecule has 0 N–H and O–H groups in total. The van der Waals surface area contributed by atoms with Gasteiger partial charge < -0.3 is 13.5 Å². The van der Waals surface area contributed by atoms with Crippen molar-refractivity contribution >= 4 is 6.04 Å². The zero-order valence-electron chi connectivity index (χ0n) is 6.17. The van der Waals surface area contributed by atoms with Gasteiger partial charge in [-0.15, -0.1) is 0 Å². The first-order chi connectivity index (χ1) is 5.61. The molecule has 0 aromatic carbocycles. The Kier molecular flexibility index (Phi) is 4.08. The molecule has 0 fully saturated rings. The standard InChI is InChI=1S/C4F7O2.Rf/c5-1(12)3(8,4(9,10)11)13-2(6)7;/q-1;. The van der Waals surface area contributed by atoms with Crippen LogP contribution in [0.3, 0.4) is 0 Å². The molecule has 2 nitrogen and oxygen atoms in total. The van der Waals surface area contributed by atoms with Crippen LogP contribution in [0.1, 0.15) is 0 Å². The second-order valence-electron chi connectivity index (χ2n) is 1.69. The third-order valence-electron chi connectivity index (χ3n) is 0.835. The summed E-state index contributed by atoms with van der Waals surface area (Å²) in [4.78, 5) is 9.41. The first-order valence-electron chi connectivity index (χ1n) is 2.44. The number of rotatable bonds is 3. The molecule has 0 aliphatic rings. The first-order valence-corrected chi connectivity index (χ1v) is 2.44. The van der Waals surface area contributed by atoms with Gasteiger partial charge in [0.2, 0.25) is 0 Å². The Morgan fingerprint density at radius 1 is 1.14 bits per heavy atom. The van der Waals surface area contributed by atoms with Gasteiger partial charge in [0, 0.05) is 0 Å². The Hall–Kier alpha value is -1.86. The third kappa shape index (κ3) is 2.57. The maximum atomic E-state index is 12.1. The third-order valence-corrected chi connectivity index (χ3v) is 0.835. The Balaban J connectivity index is 0. The molecule has 0 rings (SSSR count). The molecule has 14 heavy (non-hydrogen) atoms. The molecule has 0 saturated heterocycles. The van der Waals surface area contributed by atoms with E-state index < -0.39 is 24.7 Å². The number of halogens is 7. The molecule has 0 aromatic rings. The maximum Gasteiger partial charge on any atom is 0.456 e. The molecule has 1 unspecified atom stereocenters. The van der Waals surface area contributed by atoms with Gasteiger partial charge in [0.1, 0.15) is 6.61 Å². The Morgan fingerprint density at radius 2 is 1.50 bits per heavy atom. The van der Waals surface area contributed by atoms with Crippen molar-refractivity contribution in [1.82, 2.24) is 0 Å². The Bertz CT molecular complexity index is 204. The summed E-state index contributed by atoms with van der Waals surface area (Å²) in [5.74, 6) is -5.63. The van der Waals surface area contributed by atoms with E-state index in [0.717, 1.165) is 0 Å². The van der Waals surface area contributed by atoms with Gasteiger partial charge >= 0.3 is 18.1 Å². The van der Waals surface area contributed by atoms with Crippen molar-refractivity contribution in [3.8, 4) is 0 Å². The molecule has 0 amide bonds. The fraction of sp³-hybridized carbons (Fsp3) is 0.500. The number of alkyl halides is 4. The Labute approximate surface area is 66.3 Å². The molecule has 0 bridgehead atoms. The number of carbonyl (C=O) groups is 1. The number of carbonyl (C=O) groups excluding carboxylic acids is 1. The van der Waals surface area contributed by atoms with Crippen LogP contribution in [0.2, 0.25) is 0 Å². The summed E-state index contributed by atoms with van der Waals surface area (Å²) in [7, 11) is 0. The first kappa shape index (κ1) is 14.7. The van der Waals surface area contributed by atoms with Crippen molar-refractivity contribution < 1.29 is 40.3 Å². The van der Waals surface area contributed by atoms with Crippen LogP contribution in [0.15, 0.2) is 0 Å². The van der Waals surface area contributed by atoms with Crippen molar-refractivity contribution in [3.63, 3.8) is 0 Å². The van der Waals surface area contributed by atoms with Crippen LogP contribution in [0.4, 0.5) is 30.7 Å². The average Bonchev–Trinajstić information content (AvgIpc) is 1.82. The normalized spacial score (nSPS) is 16.0. The van der Waals surface area contributed by atoms with E-state index in [-0.39, 0.29) is 0 Å². The van der Waals surface area contributed by atoms with Crippen LogP contribution in [0.5, 0.6) is 0 Å². The van der Waals surface area contributed by atoms with Crippen molar-refractivity contribution in [2.24, 2.45) is 0 Å². The van der Waals surface area contributed by atoms with Crippen LogP contribution < -0.4 is 0 Å². The zero-order chi connectivity index (χ0) is 10.9. The second-order valence-corrected chi connectivity index (χ2v) is 1.69. The summed E-state index contributed by atoms with van der Waals surface area (Å²) in [5.41, 5.74) is 0. The second kappa shape index (κ2) is 3.90. The topological polar surface area (TPSA) is 26.3 Å². The largest absolute Gasteiger partial charge is 0.456 e. The minimum Gasteiger partial charge on any atom is -0.444 e. The molecule has 0 spiro atoms. The van der Waals surface area contributed by atoms with Crippen LogP contribution in [-0.4, -0.2) is 18.1 Å². The van der Waals surface area contributed by atoms with E-state index in [9.17, 15) is 35.5 Å². The van der Waals surface area contributed by atoms with Gasteiger partial charge in [-0.1, -0.05) is 0 Å². The summed E-state index contributed by atoms with van der Waals surface area (Å²) in [6, 6.07) is -3.70. The summed E-state index contributed by atoms with van der Waals surface area (Å²) >= 11 is 0. The quantitative estimate of drug-likeness (QED) is 0.352. The van der Waals surface area contributed by atoms with E-state index in [1.165, 1.54) is 0 Å². The predicted octanol–water partition coefficient (Wildman–Crippen LogP) is 2.11. The van der Waals surface area contributed by atoms with Gasteiger partial charge in [-0.3, -0.25) is 4.79 Å². The van der Waals surface area contributed by atoms with Crippen molar-refractivity contribution in [2.45, 2.75) is 12.0 Å². The Morgan fingerprint density at radius 3 is 1.57 bits per heavy atom. The molecule has 0 aliphatic carbocycles.